The lowest BCUT2D eigenvalue weighted by molar-refractivity contribution is 0.319. The van der Waals surface area contributed by atoms with Crippen molar-refractivity contribution in [1.29, 1.82) is 0 Å². The van der Waals surface area contributed by atoms with Gasteiger partial charge in [0.15, 0.2) is 0 Å². The molecule has 3 rings (SSSR count). The number of thioether (sulfide) groups is 1. The van der Waals surface area contributed by atoms with E-state index >= 15 is 0 Å². The van der Waals surface area contributed by atoms with Crippen LogP contribution in [-0.2, 0) is 0 Å². The van der Waals surface area contributed by atoms with Crippen LogP contribution in [0.15, 0.2) is 70.7 Å². The SMILES string of the molecule is O/N=C(\CSc1ccccc1-c1ccccc1)c1cc(Cl)sc1Cl. The van der Waals surface area contributed by atoms with Crippen LogP contribution in [0.5, 0.6) is 0 Å². The Morgan fingerprint density at radius 3 is 2.42 bits per heavy atom. The highest BCUT2D eigenvalue weighted by Crippen LogP contribution is 2.35. The van der Waals surface area contributed by atoms with Gasteiger partial charge in [-0.1, -0.05) is 76.9 Å². The molecule has 0 unspecified atom stereocenters. The van der Waals surface area contributed by atoms with E-state index in [2.05, 4.69) is 29.4 Å². The lowest BCUT2D eigenvalue weighted by atomic mass is 10.1. The summed E-state index contributed by atoms with van der Waals surface area (Å²) in [7, 11) is 0. The van der Waals surface area contributed by atoms with Crippen LogP contribution in [0.1, 0.15) is 5.56 Å². The Hall–Kier alpha value is -1.46. The molecule has 0 fully saturated rings. The Morgan fingerprint density at radius 1 is 1.04 bits per heavy atom. The number of benzene rings is 2. The van der Waals surface area contributed by atoms with Crippen molar-refractivity contribution < 1.29 is 5.21 Å². The third kappa shape index (κ3) is 3.95. The molecule has 0 spiro atoms. The van der Waals surface area contributed by atoms with E-state index in [1.807, 2.05) is 30.3 Å². The molecule has 24 heavy (non-hydrogen) atoms. The van der Waals surface area contributed by atoms with E-state index in [1.165, 1.54) is 11.3 Å². The van der Waals surface area contributed by atoms with E-state index in [1.54, 1.807) is 17.8 Å². The molecule has 0 aliphatic rings. The van der Waals surface area contributed by atoms with Gasteiger partial charge in [-0.3, -0.25) is 0 Å². The monoisotopic (exact) mass is 393 g/mol. The maximum Gasteiger partial charge on any atom is 0.104 e. The van der Waals surface area contributed by atoms with E-state index < -0.39 is 0 Å². The maximum atomic E-state index is 9.36. The maximum absolute atomic E-state index is 9.36. The van der Waals surface area contributed by atoms with Crippen LogP contribution in [0, 0.1) is 0 Å². The zero-order chi connectivity index (χ0) is 16.9. The van der Waals surface area contributed by atoms with Gasteiger partial charge in [-0.2, -0.15) is 0 Å². The zero-order valence-electron chi connectivity index (χ0n) is 12.4. The summed E-state index contributed by atoms with van der Waals surface area (Å²) in [6, 6.07) is 20.1. The molecule has 1 heterocycles. The Morgan fingerprint density at radius 2 is 1.75 bits per heavy atom. The number of oxime groups is 1. The van der Waals surface area contributed by atoms with Crippen molar-refractivity contribution in [3.05, 3.63) is 74.9 Å². The molecule has 0 bridgehead atoms. The molecular formula is C18H13Cl2NOS2. The van der Waals surface area contributed by atoms with Gasteiger partial charge in [-0.25, -0.2) is 0 Å². The van der Waals surface area contributed by atoms with Crippen LogP contribution >= 0.6 is 46.3 Å². The van der Waals surface area contributed by atoms with Crippen molar-refractivity contribution >= 4 is 52.0 Å². The molecular weight excluding hydrogens is 381 g/mol. The van der Waals surface area contributed by atoms with E-state index in [0.717, 1.165) is 16.0 Å². The van der Waals surface area contributed by atoms with Crippen LogP contribution < -0.4 is 0 Å². The molecule has 0 saturated heterocycles. The van der Waals surface area contributed by atoms with Crippen LogP contribution in [0.3, 0.4) is 0 Å². The second-order valence-corrected chi connectivity index (χ2v) is 8.24. The van der Waals surface area contributed by atoms with Crippen molar-refractivity contribution in [2.24, 2.45) is 5.16 Å². The Balaban J connectivity index is 1.83. The summed E-state index contributed by atoms with van der Waals surface area (Å²) >= 11 is 15.0. The first-order chi connectivity index (χ1) is 11.7. The third-order valence-electron chi connectivity index (χ3n) is 3.42. The van der Waals surface area contributed by atoms with Crippen LogP contribution in [-0.4, -0.2) is 16.7 Å². The van der Waals surface area contributed by atoms with E-state index in [-0.39, 0.29) is 0 Å². The van der Waals surface area contributed by atoms with E-state index in [9.17, 15) is 5.21 Å². The summed E-state index contributed by atoms with van der Waals surface area (Å²) < 4.78 is 1.11. The summed E-state index contributed by atoms with van der Waals surface area (Å²) in [6.07, 6.45) is 0. The van der Waals surface area contributed by atoms with Gasteiger partial charge in [0, 0.05) is 16.2 Å². The highest BCUT2D eigenvalue weighted by atomic mass is 35.5. The molecule has 1 N–H and O–H groups in total. The molecule has 0 aliphatic heterocycles. The lowest BCUT2D eigenvalue weighted by Crippen LogP contribution is -2.04. The zero-order valence-corrected chi connectivity index (χ0v) is 15.6. The molecule has 6 heteroatoms. The average Bonchev–Trinajstić information content (AvgIpc) is 2.95. The fraction of sp³-hybridized carbons (Fsp3) is 0.0556. The molecule has 0 aliphatic carbocycles. The summed E-state index contributed by atoms with van der Waals surface area (Å²) in [5.74, 6) is 0.493. The molecule has 2 aromatic carbocycles. The molecule has 1 aromatic heterocycles. The number of nitrogens with zero attached hydrogens (tertiary/aromatic N) is 1. The third-order valence-corrected chi connectivity index (χ3v) is 6.00. The van der Waals surface area contributed by atoms with Gasteiger partial charge in [0.05, 0.1) is 10.0 Å². The van der Waals surface area contributed by atoms with Gasteiger partial charge in [0.2, 0.25) is 0 Å². The molecule has 2 nitrogen and oxygen atoms in total. The number of halogens is 2. The minimum atomic E-state index is 0.493. The van der Waals surface area contributed by atoms with Crippen LogP contribution in [0.4, 0.5) is 0 Å². The highest BCUT2D eigenvalue weighted by Gasteiger charge is 2.14. The van der Waals surface area contributed by atoms with Crippen molar-refractivity contribution in [2.75, 3.05) is 5.75 Å². The van der Waals surface area contributed by atoms with Crippen LogP contribution in [0.25, 0.3) is 11.1 Å². The van der Waals surface area contributed by atoms with Crippen molar-refractivity contribution in [2.45, 2.75) is 4.90 Å². The van der Waals surface area contributed by atoms with Crippen molar-refractivity contribution in [3.63, 3.8) is 0 Å². The molecule has 0 radical (unpaired) electrons. The Kier molecular flexibility index (Phi) is 5.85. The summed E-state index contributed by atoms with van der Waals surface area (Å²) in [5.41, 5.74) is 3.49. The normalized spacial score (nSPS) is 11.7. The number of thiophene rings is 1. The predicted molar refractivity (Wildman–Crippen MR) is 105 cm³/mol. The van der Waals surface area contributed by atoms with Crippen LogP contribution in [0.2, 0.25) is 8.67 Å². The lowest BCUT2D eigenvalue weighted by Gasteiger charge is -2.10. The van der Waals surface area contributed by atoms with Gasteiger partial charge >= 0.3 is 0 Å². The second kappa shape index (κ2) is 8.08. The summed E-state index contributed by atoms with van der Waals surface area (Å²) in [6.45, 7) is 0. The quantitative estimate of drug-likeness (QED) is 0.226. The molecule has 0 atom stereocenters. The topological polar surface area (TPSA) is 32.6 Å². The largest absolute Gasteiger partial charge is 0.411 e. The minimum Gasteiger partial charge on any atom is -0.411 e. The van der Waals surface area contributed by atoms with Gasteiger partial charge < -0.3 is 5.21 Å². The standard InChI is InChI=1S/C18H13Cl2NOS2/c19-17-10-14(18(20)24-17)15(21-22)11-23-16-9-5-4-8-13(16)12-6-2-1-3-7-12/h1-10,22H,11H2/b21-15+. The number of hydrogen-bond donors (Lipinski definition) is 1. The fourth-order valence-corrected chi connectivity index (χ4v) is 4.82. The summed E-state index contributed by atoms with van der Waals surface area (Å²) in [4.78, 5) is 1.11. The predicted octanol–water partition coefficient (Wildman–Crippen LogP) is 6.69. The van der Waals surface area contributed by atoms with Gasteiger partial charge in [-0.15, -0.1) is 23.1 Å². The van der Waals surface area contributed by atoms with Gasteiger partial charge in [0.1, 0.15) is 4.34 Å². The molecule has 3 aromatic rings. The number of rotatable bonds is 5. The van der Waals surface area contributed by atoms with Gasteiger partial charge in [-0.05, 0) is 23.3 Å². The van der Waals surface area contributed by atoms with E-state index in [0.29, 0.717) is 25.7 Å². The molecule has 122 valence electrons. The van der Waals surface area contributed by atoms with E-state index in [4.69, 9.17) is 23.2 Å². The van der Waals surface area contributed by atoms with Crippen molar-refractivity contribution in [1.82, 2.24) is 0 Å². The molecule has 0 saturated carbocycles. The fourth-order valence-electron chi connectivity index (χ4n) is 2.29. The Bertz CT molecular complexity index is 862. The Labute approximate surface area is 158 Å². The van der Waals surface area contributed by atoms with Crippen molar-refractivity contribution in [3.8, 4) is 11.1 Å². The summed E-state index contributed by atoms with van der Waals surface area (Å²) in [5, 5.41) is 12.8. The minimum absolute atomic E-state index is 0.493. The second-order valence-electron chi connectivity index (χ2n) is 4.94. The first-order valence-electron chi connectivity index (χ1n) is 7.12. The first kappa shape index (κ1) is 17.4. The van der Waals surface area contributed by atoms with Gasteiger partial charge in [0.25, 0.3) is 0 Å². The molecule has 0 amide bonds. The smallest absolute Gasteiger partial charge is 0.104 e. The highest BCUT2D eigenvalue weighted by molar-refractivity contribution is 8.00. The first-order valence-corrected chi connectivity index (χ1v) is 9.68. The average molecular weight is 394 g/mol. The number of hydrogen-bond acceptors (Lipinski definition) is 4.